The first-order valence-electron chi connectivity index (χ1n) is 4.21. The van der Waals surface area contributed by atoms with Crippen LogP contribution in [0.1, 0.15) is 20.7 Å². The number of fused-ring (bicyclic) bond motifs is 1. The highest BCUT2D eigenvalue weighted by Gasteiger charge is 2.33. The van der Waals surface area contributed by atoms with E-state index in [4.69, 9.17) is 0 Å². The molecule has 0 N–H and O–H groups in total. The van der Waals surface area contributed by atoms with Crippen molar-refractivity contribution in [2.75, 3.05) is 0 Å². The number of benzene rings is 1. The van der Waals surface area contributed by atoms with Crippen molar-refractivity contribution in [2.24, 2.45) is 0 Å². The van der Waals surface area contributed by atoms with Crippen LogP contribution in [0.4, 0.5) is 0 Å². The predicted molar refractivity (Wildman–Crippen MR) is 48.2 cm³/mol. The predicted octanol–water partition coefficient (Wildman–Crippen LogP) is -0.121. The van der Waals surface area contributed by atoms with Crippen LogP contribution < -0.4 is 5.11 Å². The molecule has 2 rings (SSSR count). The van der Waals surface area contributed by atoms with Gasteiger partial charge in [-0.15, -0.1) is 6.26 Å². The number of ketones is 3. The van der Waals surface area contributed by atoms with E-state index in [0.29, 0.717) is 0 Å². The standard InChI is InChI=1S/C11H6O4/c12-5-8-9(13)6-3-1-2-4-7(6)10(14)11(8)15/h1-5,12H/p-1/b8-5+. The molecule has 1 aromatic rings. The van der Waals surface area contributed by atoms with Gasteiger partial charge in [0.15, 0.2) is 5.78 Å². The smallest absolute Gasteiger partial charge is 0.236 e. The van der Waals surface area contributed by atoms with Gasteiger partial charge in [-0.05, 0) is 0 Å². The summed E-state index contributed by atoms with van der Waals surface area (Å²) in [5.41, 5.74) is -0.402. The Morgan fingerprint density at radius 3 is 1.93 bits per heavy atom. The molecule has 0 radical (unpaired) electrons. The second-order valence-corrected chi connectivity index (χ2v) is 3.06. The fourth-order valence-electron chi connectivity index (χ4n) is 1.48. The first-order chi connectivity index (χ1) is 7.16. The van der Waals surface area contributed by atoms with Gasteiger partial charge in [0.2, 0.25) is 11.6 Å². The van der Waals surface area contributed by atoms with Crippen molar-refractivity contribution >= 4 is 17.3 Å². The average molecular weight is 201 g/mol. The molecule has 0 fully saturated rings. The summed E-state index contributed by atoms with van der Waals surface area (Å²) in [6.45, 7) is 0. The molecule has 1 aliphatic rings. The van der Waals surface area contributed by atoms with E-state index >= 15 is 0 Å². The van der Waals surface area contributed by atoms with E-state index < -0.39 is 22.9 Å². The quantitative estimate of drug-likeness (QED) is 0.254. The summed E-state index contributed by atoms with van der Waals surface area (Å²) >= 11 is 0. The first-order valence-corrected chi connectivity index (χ1v) is 4.21. The number of hydrogen-bond acceptors (Lipinski definition) is 4. The lowest BCUT2D eigenvalue weighted by Gasteiger charge is -2.15. The second-order valence-electron chi connectivity index (χ2n) is 3.06. The van der Waals surface area contributed by atoms with Crippen LogP contribution in [-0.2, 0) is 4.79 Å². The first kappa shape index (κ1) is 9.33. The Balaban J connectivity index is 2.73. The maximum Gasteiger partial charge on any atom is 0.236 e. The van der Waals surface area contributed by atoms with Gasteiger partial charge in [0.05, 0.1) is 5.57 Å². The van der Waals surface area contributed by atoms with E-state index in [2.05, 4.69) is 0 Å². The third kappa shape index (κ3) is 1.19. The monoisotopic (exact) mass is 201 g/mol. The van der Waals surface area contributed by atoms with Crippen molar-refractivity contribution in [3.63, 3.8) is 0 Å². The summed E-state index contributed by atoms with van der Waals surface area (Å²) in [6, 6.07) is 5.95. The van der Waals surface area contributed by atoms with Crippen LogP contribution in [-0.4, -0.2) is 17.3 Å². The van der Waals surface area contributed by atoms with Crippen molar-refractivity contribution in [1.82, 2.24) is 0 Å². The molecule has 0 atom stereocenters. The zero-order valence-corrected chi connectivity index (χ0v) is 7.52. The van der Waals surface area contributed by atoms with Crippen molar-refractivity contribution in [3.05, 3.63) is 47.2 Å². The fourth-order valence-corrected chi connectivity index (χ4v) is 1.48. The lowest BCUT2D eigenvalue weighted by Crippen LogP contribution is -2.30. The van der Waals surface area contributed by atoms with Gasteiger partial charge in [-0.1, -0.05) is 24.3 Å². The number of hydrogen-bond donors (Lipinski definition) is 0. The van der Waals surface area contributed by atoms with Gasteiger partial charge in [0, 0.05) is 11.1 Å². The molecule has 0 amide bonds. The summed E-state index contributed by atoms with van der Waals surface area (Å²) in [7, 11) is 0. The molecule has 0 spiro atoms. The van der Waals surface area contributed by atoms with E-state index in [-0.39, 0.29) is 17.4 Å². The highest BCUT2D eigenvalue weighted by atomic mass is 16.2. The highest BCUT2D eigenvalue weighted by molar-refractivity contribution is 6.59. The molecule has 0 heterocycles. The third-order valence-corrected chi connectivity index (χ3v) is 2.23. The third-order valence-electron chi connectivity index (χ3n) is 2.23. The molecular formula is C11H5O4-. The van der Waals surface area contributed by atoms with Crippen LogP contribution in [0.25, 0.3) is 0 Å². The number of carbonyl (C=O) groups is 3. The maximum absolute atomic E-state index is 11.6. The number of carbonyl (C=O) groups excluding carboxylic acids is 3. The minimum absolute atomic E-state index is 0.0677. The van der Waals surface area contributed by atoms with Crippen molar-refractivity contribution in [3.8, 4) is 0 Å². The molecule has 0 aliphatic heterocycles. The summed E-state index contributed by atoms with van der Waals surface area (Å²) in [6.07, 6.45) is 0.137. The van der Waals surface area contributed by atoms with Crippen LogP contribution in [0.15, 0.2) is 36.1 Å². The van der Waals surface area contributed by atoms with E-state index in [1.807, 2.05) is 0 Å². The molecule has 0 saturated carbocycles. The largest absolute Gasteiger partial charge is 0.877 e. The van der Waals surface area contributed by atoms with Gasteiger partial charge in [0.1, 0.15) is 0 Å². The zero-order valence-electron chi connectivity index (χ0n) is 7.52. The van der Waals surface area contributed by atoms with Crippen molar-refractivity contribution in [2.45, 2.75) is 0 Å². The Morgan fingerprint density at radius 1 is 0.867 bits per heavy atom. The van der Waals surface area contributed by atoms with Crippen LogP contribution >= 0.6 is 0 Å². The average Bonchev–Trinajstić information content (AvgIpc) is 2.27. The molecule has 0 saturated heterocycles. The van der Waals surface area contributed by atoms with Crippen molar-refractivity contribution < 1.29 is 19.5 Å². The Hall–Kier alpha value is -2.23. The van der Waals surface area contributed by atoms with E-state index in [1.165, 1.54) is 12.1 Å². The summed E-state index contributed by atoms with van der Waals surface area (Å²) < 4.78 is 0. The summed E-state index contributed by atoms with van der Waals surface area (Å²) in [5.74, 6) is -2.49. The minimum atomic E-state index is -1.02. The lowest BCUT2D eigenvalue weighted by atomic mass is 9.85. The number of allylic oxidation sites excluding steroid dienone is 1. The Bertz CT molecular complexity index is 511. The lowest BCUT2D eigenvalue weighted by molar-refractivity contribution is -0.275. The van der Waals surface area contributed by atoms with Gasteiger partial charge in [0.25, 0.3) is 0 Å². The molecule has 0 bridgehead atoms. The van der Waals surface area contributed by atoms with Crippen LogP contribution in [0.3, 0.4) is 0 Å². The molecular weight excluding hydrogens is 196 g/mol. The maximum atomic E-state index is 11.6. The van der Waals surface area contributed by atoms with E-state index in [9.17, 15) is 19.5 Å². The fraction of sp³-hybridized carbons (Fsp3) is 0. The Labute approximate surface area is 84.8 Å². The zero-order chi connectivity index (χ0) is 11.0. The molecule has 1 aliphatic carbocycles. The molecule has 4 nitrogen and oxygen atoms in total. The summed E-state index contributed by atoms with van der Waals surface area (Å²) in [5, 5.41) is 10.5. The Kier molecular flexibility index (Phi) is 1.97. The van der Waals surface area contributed by atoms with Crippen LogP contribution in [0.5, 0.6) is 0 Å². The highest BCUT2D eigenvalue weighted by Crippen LogP contribution is 2.21. The number of Topliss-reactive ketones (excluding diaryl/α,β-unsaturated/α-hetero) is 3. The van der Waals surface area contributed by atoms with E-state index in [0.717, 1.165) is 0 Å². The summed E-state index contributed by atoms with van der Waals surface area (Å²) in [4.78, 5) is 34.3. The molecule has 4 heteroatoms. The molecule has 0 unspecified atom stereocenters. The van der Waals surface area contributed by atoms with Crippen LogP contribution in [0.2, 0.25) is 0 Å². The van der Waals surface area contributed by atoms with E-state index in [1.54, 1.807) is 12.1 Å². The van der Waals surface area contributed by atoms with Gasteiger partial charge in [-0.2, -0.15) is 0 Å². The van der Waals surface area contributed by atoms with Gasteiger partial charge >= 0.3 is 0 Å². The minimum Gasteiger partial charge on any atom is -0.877 e. The molecule has 15 heavy (non-hydrogen) atoms. The van der Waals surface area contributed by atoms with Gasteiger partial charge in [-0.25, -0.2) is 0 Å². The normalized spacial score (nSPS) is 18.1. The molecule has 1 aromatic carbocycles. The second kappa shape index (κ2) is 3.16. The SMILES string of the molecule is O=C1C(=O)c2ccccc2C(=O)/C1=C\[O-]. The van der Waals surface area contributed by atoms with Gasteiger partial charge < -0.3 is 5.11 Å². The van der Waals surface area contributed by atoms with Crippen LogP contribution in [0, 0.1) is 0 Å². The molecule has 74 valence electrons. The molecule has 0 aromatic heterocycles. The Morgan fingerprint density at radius 2 is 1.40 bits per heavy atom. The topological polar surface area (TPSA) is 74.3 Å². The van der Waals surface area contributed by atoms with Crippen molar-refractivity contribution in [1.29, 1.82) is 0 Å². The number of rotatable bonds is 0. The van der Waals surface area contributed by atoms with Gasteiger partial charge in [-0.3, -0.25) is 14.4 Å².